The summed E-state index contributed by atoms with van der Waals surface area (Å²) >= 11 is 0. The highest BCUT2D eigenvalue weighted by Gasteiger charge is 2.33. The molecule has 102 valence electrons. The number of aliphatic hydroxyl groups excluding tert-OH is 1. The molecule has 0 aliphatic carbocycles. The molecule has 1 aromatic heterocycles. The van der Waals surface area contributed by atoms with Gasteiger partial charge in [0, 0.05) is 11.9 Å². The second-order valence-electron chi connectivity index (χ2n) is 4.11. The Bertz CT molecular complexity index is 565. The minimum Gasteiger partial charge on any atom is -0.399 e. The first kappa shape index (κ1) is 13.4. The maximum absolute atomic E-state index is 12.4. The number of benzene rings is 1. The van der Waals surface area contributed by atoms with Crippen LogP contribution >= 0.6 is 0 Å². The van der Waals surface area contributed by atoms with Crippen LogP contribution in [0.1, 0.15) is 17.4 Å². The molecule has 0 aliphatic heterocycles. The molecule has 0 aliphatic rings. The lowest BCUT2D eigenvalue weighted by Gasteiger charge is -2.11. The molecule has 0 fully saturated rings. The van der Waals surface area contributed by atoms with E-state index in [1.54, 1.807) is 24.3 Å². The number of nitrogens with zero attached hydrogens (tertiary/aromatic N) is 2. The van der Waals surface area contributed by atoms with Gasteiger partial charge in [-0.1, -0.05) is 12.1 Å². The summed E-state index contributed by atoms with van der Waals surface area (Å²) in [6.07, 6.45) is -4.27. The molecular weight excluding hydrogens is 259 g/mol. The predicted octanol–water partition coefficient (Wildman–Crippen LogP) is 2.22. The third-order valence-corrected chi connectivity index (χ3v) is 2.59. The first-order valence-electron chi connectivity index (χ1n) is 5.50. The summed E-state index contributed by atoms with van der Waals surface area (Å²) in [5, 5.41) is 13.3. The van der Waals surface area contributed by atoms with Gasteiger partial charge in [0.05, 0.1) is 12.6 Å². The van der Waals surface area contributed by atoms with E-state index in [1.165, 1.54) is 6.20 Å². The smallest absolute Gasteiger partial charge is 0.399 e. The van der Waals surface area contributed by atoms with Crippen molar-refractivity contribution < 1.29 is 18.3 Å². The third-order valence-electron chi connectivity index (χ3n) is 2.59. The molecule has 2 rings (SSSR count). The molecule has 1 atom stereocenters. The summed E-state index contributed by atoms with van der Waals surface area (Å²) in [6, 6.07) is 7.41. The number of aliphatic hydroxyl groups is 1. The van der Waals surface area contributed by atoms with E-state index < -0.39 is 18.0 Å². The Morgan fingerprint density at radius 3 is 2.63 bits per heavy atom. The molecule has 0 amide bonds. The zero-order valence-corrected chi connectivity index (χ0v) is 9.80. The molecule has 4 nitrogen and oxygen atoms in total. The van der Waals surface area contributed by atoms with Crippen LogP contribution in [0.25, 0.3) is 0 Å². The van der Waals surface area contributed by atoms with Crippen molar-refractivity contribution in [3.63, 3.8) is 0 Å². The quantitative estimate of drug-likeness (QED) is 0.841. The van der Waals surface area contributed by atoms with E-state index in [0.717, 1.165) is 10.7 Å². The fourth-order valence-corrected chi connectivity index (χ4v) is 1.66. The zero-order valence-electron chi connectivity index (χ0n) is 9.80. The number of hydrogen-bond donors (Lipinski definition) is 2. The summed E-state index contributed by atoms with van der Waals surface area (Å²) in [5.74, 6) is 0. The van der Waals surface area contributed by atoms with Crippen molar-refractivity contribution in [2.24, 2.45) is 0 Å². The molecule has 0 saturated carbocycles. The average Bonchev–Trinajstić information content (AvgIpc) is 2.77. The lowest BCUT2D eigenvalue weighted by molar-refractivity contribution is -0.141. The predicted molar refractivity (Wildman–Crippen MR) is 63.0 cm³/mol. The Labute approximate surface area is 107 Å². The molecule has 19 heavy (non-hydrogen) atoms. The number of nitrogens with two attached hydrogens (primary N) is 1. The SMILES string of the molecule is Nc1cccc(C(O)Cn2ccc(C(F)(F)F)n2)c1. The maximum atomic E-state index is 12.4. The van der Waals surface area contributed by atoms with Crippen molar-refractivity contribution in [1.29, 1.82) is 0 Å². The molecule has 1 aromatic carbocycles. The van der Waals surface area contributed by atoms with Gasteiger partial charge in [-0.3, -0.25) is 4.68 Å². The van der Waals surface area contributed by atoms with Crippen molar-refractivity contribution in [2.45, 2.75) is 18.8 Å². The Kier molecular flexibility index (Phi) is 3.48. The highest BCUT2D eigenvalue weighted by Crippen LogP contribution is 2.27. The van der Waals surface area contributed by atoms with Crippen LogP contribution in [0.15, 0.2) is 36.5 Å². The van der Waals surface area contributed by atoms with Gasteiger partial charge < -0.3 is 10.8 Å². The summed E-state index contributed by atoms with van der Waals surface area (Å²) in [7, 11) is 0. The van der Waals surface area contributed by atoms with Gasteiger partial charge in [-0.05, 0) is 23.8 Å². The normalized spacial score (nSPS) is 13.5. The first-order chi connectivity index (χ1) is 8.86. The molecule has 2 aromatic rings. The van der Waals surface area contributed by atoms with E-state index in [1.807, 2.05) is 0 Å². The number of alkyl halides is 3. The van der Waals surface area contributed by atoms with Gasteiger partial charge in [0.2, 0.25) is 0 Å². The van der Waals surface area contributed by atoms with Crippen LogP contribution in [0.3, 0.4) is 0 Å². The second-order valence-corrected chi connectivity index (χ2v) is 4.11. The van der Waals surface area contributed by atoms with Crippen molar-refractivity contribution in [3.8, 4) is 0 Å². The molecule has 1 heterocycles. The van der Waals surface area contributed by atoms with E-state index in [9.17, 15) is 18.3 Å². The van der Waals surface area contributed by atoms with Gasteiger partial charge in [-0.15, -0.1) is 0 Å². The second kappa shape index (κ2) is 4.93. The molecule has 1 unspecified atom stereocenters. The fourth-order valence-electron chi connectivity index (χ4n) is 1.66. The van der Waals surface area contributed by atoms with Crippen LogP contribution in [0.5, 0.6) is 0 Å². The molecule has 0 spiro atoms. The molecule has 0 saturated heterocycles. The van der Waals surface area contributed by atoms with E-state index in [2.05, 4.69) is 5.10 Å². The van der Waals surface area contributed by atoms with Crippen molar-refractivity contribution in [2.75, 3.05) is 5.73 Å². The lowest BCUT2D eigenvalue weighted by atomic mass is 10.1. The number of aromatic nitrogens is 2. The summed E-state index contributed by atoms with van der Waals surface area (Å²) in [6.45, 7) is -0.0699. The monoisotopic (exact) mass is 271 g/mol. The topological polar surface area (TPSA) is 64.1 Å². The molecule has 0 bridgehead atoms. The van der Waals surface area contributed by atoms with Crippen LogP contribution in [-0.2, 0) is 12.7 Å². The summed E-state index contributed by atoms with van der Waals surface area (Å²) in [4.78, 5) is 0. The number of anilines is 1. The average molecular weight is 271 g/mol. The lowest BCUT2D eigenvalue weighted by Crippen LogP contribution is -2.12. The standard InChI is InChI=1S/C12H12F3N3O/c13-12(14,15)11-4-5-18(17-11)7-10(19)8-2-1-3-9(16)6-8/h1-6,10,19H,7,16H2. The fraction of sp³-hybridized carbons (Fsp3) is 0.250. The van der Waals surface area contributed by atoms with E-state index >= 15 is 0 Å². The highest BCUT2D eigenvalue weighted by molar-refractivity contribution is 5.41. The van der Waals surface area contributed by atoms with Crippen molar-refractivity contribution >= 4 is 5.69 Å². The Morgan fingerprint density at radius 2 is 2.05 bits per heavy atom. The van der Waals surface area contributed by atoms with Gasteiger partial charge in [-0.25, -0.2) is 0 Å². The zero-order chi connectivity index (χ0) is 14.0. The van der Waals surface area contributed by atoms with Gasteiger partial charge in [0.15, 0.2) is 5.69 Å². The Balaban J connectivity index is 2.11. The van der Waals surface area contributed by atoms with Gasteiger partial charge in [0.1, 0.15) is 0 Å². The van der Waals surface area contributed by atoms with Crippen LogP contribution in [0, 0.1) is 0 Å². The molecular formula is C12H12F3N3O. The van der Waals surface area contributed by atoms with Crippen LogP contribution in [0.2, 0.25) is 0 Å². The minimum absolute atomic E-state index is 0.0699. The first-order valence-corrected chi connectivity index (χ1v) is 5.50. The van der Waals surface area contributed by atoms with E-state index in [4.69, 9.17) is 5.73 Å². The van der Waals surface area contributed by atoms with Crippen molar-refractivity contribution in [3.05, 3.63) is 47.8 Å². The number of hydrogen-bond acceptors (Lipinski definition) is 3. The Morgan fingerprint density at radius 1 is 1.32 bits per heavy atom. The van der Waals surface area contributed by atoms with Crippen LogP contribution in [-0.4, -0.2) is 14.9 Å². The number of halogens is 3. The van der Waals surface area contributed by atoms with Crippen LogP contribution in [0.4, 0.5) is 18.9 Å². The van der Waals surface area contributed by atoms with Gasteiger partial charge >= 0.3 is 6.18 Å². The largest absolute Gasteiger partial charge is 0.435 e. The van der Waals surface area contributed by atoms with Gasteiger partial charge in [-0.2, -0.15) is 18.3 Å². The Hall–Kier alpha value is -2.02. The number of nitrogen functional groups attached to an aromatic ring is 1. The highest BCUT2D eigenvalue weighted by atomic mass is 19.4. The number of rotatable bonds is 3. The van der Waals surface area contributed by atoms with Gasteiger partial charge in [0.25, 0.3) is 0 Å². The van der Waals surface area contributed by atoms with Crippen LogP contribution < -0.4 is 5.73 Å². The minimum atomic E-state index is -4.48. The maximum Gasteiger partial charge on any atom is 0.435 e. The molecule has 3 N–H and O–H groups in total. The molecule has 0 radical (unpaired) electrons. The van der Waals surface area contributed by atoms with E-state index in [0.29, 0.717) is 11.3 Å². The summed E-state index contributed by atoms with van der Waals surface area (Å²) < 4.78 is 38.1. The summed E-state index contributed by atoms with van der Waals surface area (Å²) in [5.41, 5.74) is 5.60. The third kappa shape index (κ3) is 3.25. The molecule has 7 heteroatoms. The van der Waals surface area contributed by atoms with E-state index in [-0.39, 0.29) is 6.54 Å². The van der Waals surface area contributed by atoms with Crippen molar-refractivity contribution in [1.82, 2.24) is 9.78 Å².